The van der Waals surface area contributed by atoms with Crippen molar-refractivity contribution in [3.8, 4) is 0 Å². The molecule has 0 bridgehead atoms. The molecule has 0 radical (unpaired) electrons. The third-order valence-corrected chi connectivity index (χ3v) is 11.4. The molecule has 0 heterocycles. The van der Waals surface area contributed by atoms with Crippen molar-refractivity contribution in [3.63, 3.8) is 0 Å². The van der Waals surface area contributed by atoms with E-state index >= 15 is 0 Å². The molecule has 8 heteroatoms. The Bertz CT molecular complexity index is 1200. The summed E-state index contributed by atoms with van der Waals surface area (Å²) in [6, 6.07) is 16.9. The van der Waals surface area contributed by atoms with Gasteiger partial charge in [0.1, 0.15) is 0 Å². The third kappa shape index (κ3) is 9.82. The first-order valence-electron chi connectivity index (χ1n) is 18.8. The maximum Gasteiger partial charge on any atom is 0.322 e. The Balaban J connectivity index is 1.26. The SMILES string of the molecule is CC1CCC(N(CC2CCCC(CN(C(=O)Nc3ccc(N(C)C)cc3)C3CCC(C)CC3)C2)C(=O)Nc2ccc(N(C)C)cc2)CC1. The second-order valence-electron chi connectivity index (χ2n) is 15.8. The first kappa shape index (κ1) is 35.9. The molecule has 4 amide bonds. The summed E-state index contributed by atoms with van der Waals surface area (Å²) >= 11 is 0. The molecule has 2 atom stereocenters. The summed E-state index contributed by atoms with van der Waals surface area (Å²) in [6.45, 7) is 6.27. The van der Waals surface area contributed by atoms with Crippen molar-refractivity contribution in [1.29, 1.82) is 0 Å². The van der Waals surface area contributed by atoms with Gasteiger partial charge in [0.15, 0.2) is 0 Å². The van der Waals surface area contributed by atoms with Crippen LogP contribution < -0.4 is 20.4 Å². The summed E-state index contributed by atoms with van der Waals surface area (Å²) in [5.41, 5.74) is 3.93. The summed E-state index contributed by atoms with van der Waals surface area (Å²) < 4.78 is 0. The normalized spacial score (nSPS) is 25.9. The molecule has 8 nitrogen and oxygen atoms in total. The van der Waals surface area contributed by atoms with Crippen LogP contribution in [0.3, 0.4) is 0 Å². The van der Waals surface area contributed by atoms with Crippen LogP contribution in [0.15, 0.2) is 48.5 Å². The van der Waals surface area contributed by atoms with Gasteiger partial charge >= 0.3 is 12.1 Å². The van der Waals surface area contributed by atoms with Gasteiger partial charge in [-0.2, -0.15) is 0 Å². The maximum absolute atomic E-state index is 13.9. The van der Waals surface area contributed by atoms with Crippen molar-refractivity contribution in [3.05, 3.63) is 48.5 Å². The standard InChI is InChI=1S/C40H62N6O2/c1-29-10-18-37(19-11-29)45(39(47)41-33-14-22-35(23-15-33)43(3)4)27-31-8-7-9-32(26-31)28-46(38-20-12-30(2)13-21-38)40(48)42-34-16-24-36(25-17-34)44(5)6/h14-17,22-25,29-32,37-38H,7-13,18-21,26-28H2,1-6H3,(H,41,47)(H,42,48). The third-order valence-electron chi connectivity index (χ3n) is 11.4. The summed E-state index contributed by atoms with van der Waals surface area (Å²) in [4.78, 5) is 36.4. The maximum atomic E-state index is 13.9. The molecule has 0 aromatic heterocycles. The zero-order chi connectivity index (χ0) is 34.2. The zero-order valence-corrected chi connectivity index (χ0v) is 30.6. The van der Waals surface area contributed by atoms with E-state index in [1.54, 1.807) is 0 Å². The molecular weight excluding hydrogens is 596 g/mol. The highest BCUT2D eigenvalue weighted by molar-refractivity contribution is 5.90. The first-order valence-corrected chi connectivity index (χ1v) is 18.8. The Labute approximate surface area is 290 Å². The number of amides is 4. The molecule has 3 aliphatic carbocycles. The van der Waals surface area contributed by atoms with E-state index in [1.807, 2.05) is 52.5 Å². The van der Waals surface area contributed by atoms with Crippen molar-refractivity contribution in [2.45, 2.75) is 103 Å². The predicted molar refractivity (Wildman–Crippen MR) is 201 cm³/mol. The molecule has 2 aromatic carbocycles. The largest absolute Gasteiger partial charge is 0.378 e. The van der Waals surface area contributed by atoms with Crippen LogP contribution in [0.2, 0.25) is 0 Å². The molecule has 2 aromatic rings. The lowest BCUT2D eigenvalue weighted by Gasteiger charge is -2.42. The number of hydrogen-bond donors (Lipinski definition) is 2. The fraction of sp³-hybridized carbons (Fsp3) is 0.650. The van der Waals surface area contributed by atoms with Crippen molar-refractivity contribution in [2.75, 3.05) is 61.7 Å². The first-order chi connectivity index (χ1) is 23.0. The highest BCUT2D eigenvalue weighted by Gasteiger charge is 2.34. The lowest BCUT2D eigenvalue weighted by molar-refractivity contribution is 0.104. The van der Waals surface area contributed by atoms with Gasteiger partial charge in [0.2, 0.25) is 0 Å². The topological polar surface area (TPSA) is 71.2 Å². The molecule has 264 valence electrons. The number of nitrogens with zero attached hydrogens (tertiary/aromatic N) is 4. The van der Waals surface area contributed by atoms with Gasteiger partial charge in [0.05, 0.1) is 0 Å². The molecule has 2 unspecified atom stereocenters. The minimum absolute atomic E-state index is 0.0342. The van der Waals surface area contributed by atoms with Crippen molar-refractivity contribution in [2.24, 2.45) is 23.7 Å². The van der Waals surface area contributed by atoms with Crippen molar-refractivity contribution >= 4 is 34.8 Å². The smallest absolute Gasteiger partial charge is 0.322 e. The van der Waals surface area contributed by atoms with Crippen LogP contribution >= 0.6 is 0 Å². The van der Waals surface area contributed by atoms with Crippen LogP contribution in [0.4, 0.5) is 32.3 Å². The highest BCUT2D eigenvalue weighted by Crippen LogP contribution is 2.36. The number of urea groups is 2. The Morgan fingerprint density at radius 1 is 0.562 bits per heavy atom. The van der Waals surface area contributed by atoms with E-state index in [0.717, 1.165) is 99.0 Å². The van der Waals surface area contributed by atoms with Crippen LogP contribution in [0.25, 0.3) is 0 Å². The Morgan fingerprint density at radius 2 is 0.917 bits per heavy atom. The number of benzene rings is 2. The van der Waals surface area contributed by atoms with Gasteiger partial charge in [-0.1, -0.05) is 20.3 Å². The van der Waals surface area contributed by atoms with E-state index in [-0.39, 0.29) is 24.1 Å². The second-order valence-corrected chi connectivity index (χ2v) is 15.8. The average molecular weight is 659 g/mol. The second kappa shape index (κ2) is 16.8. The molecule has 3 aliphatic rings. The summed E-state index contributed by atoms with van der Waals surface area (Å²) in [5, 5.41) is 6.50. The van der Waals surface area contributed by atoms with E-state index < -0.39 is 0 Å². The molecule has 5 rings (SSSR count). The summed E-state index contributed by atoms with van der Waals surface area (Å²) in [6.07, 6.45) is 13.5. The predicted octanol–water partition coefficient (Wildman–Crippen LogP) is 9.15. The summed E-state index contributed by atoms with van der Waals surface area (Å²) in [7, 11) is 8.12. The zero-order valence-electron chi connectivity index (χ0n) is 30.6. The number of carbonyl (C=O) groups excluding carboxylic acids is 2. The van der Waals surface area contributed by atoms with Gasteiger partial charge in [-0.05, 0) is 143 Å². The van der Waals surface area contributed by atoms with Crippen molar-refractivity contribution in [1.82, 2.24) is 9.80 Å². The van der Waals surface area contributed by atoms with Gasteiger partial charge in [0.25, 0.3) is 0 Å². The molecule has 0 aliphatic heterocycles. The highest BCUT2D eigenvalue weighted by atomic mass is 16.2. The van der Waals surface area contributed by atoms with Gasteiger partial charge in [-0.3, -0.25) is 0 Å². The number of anilines is 4. The number of rotatable bonds is 10. The minimum atomic E-state index is 0.0342. The molecule has 2 N–H and O–H groups in total. The van der Waals surface area contributed by atoms with E-state index in [2.05, 4.69) is 68.3 Å². The number of nitrogens with one attached hydrogen (secondary N) is 2. The van der Waals surface area contributed by atoms with Gasteiger partial charge in [-0.15, -0.1) is 0 Å². The monoisotopic (exact) mass is 658 g/mol. The van der Waals surface area contributed by atoms with Gasteiger partial charge in [-0.25, -0.2) is 9.59 Å². The number of carbonyl (C=O) groups is 2. The van der Waals surface area contributed by atoms with E-state index in [0.29, 0.717) is 11.8 Å². The summed E-state index contributed by atoms with van der Waals surface area (Å²) in [5.74, 6) is 2.35. The van der Waals surface area contributed by atoms with Crippen LogP contribution in [0.1, 0.15) is 90.9 Å². The van der Waals surface area contributed by atoms with Crippen LogP contribution in [-0.2, 0) is 0 Å². The van der Waals surface area contributed by atoms with Gasteiger partial charge < -0.3 is 30.2 Å². The van der Waals surface area contributed by atoms with E-state index in [1.165, 1.54) is 25.7 Å². The quantitative estimate of drug-likeness (QED) is 0.267. The molecule has 3 fully saturated rings. The molecule has 0 saturated heterocycles. The average Bonchev–Trinajstić information content (AvgIpc) is 3.07. The van der Waals surface area contributed by atoms with Crippen LogP contribution in [0.5, 0.6) is 0 Å². The Morgan fingerprint density at radius 3 is 1.25 bits per heavy atom. The Kier molecular flexibility index (Phi) is 12.6. The molecular formula is C40H62N6O2. The van der Waals surface area contributed by atoms with Crippen molar-refractivity contribution < 1.29 is 9.59 Å². The fourth-order valence-corrected chi connectivity index (χ4v) is 8.27. The van der Waals surface area contributed by atoms with Crippen LogP contribution in [-0.4, -0.2) is 75.2 Å². The van der Waals surface area contributed by atoms with Crippen LogP contribution in [0, 0.1) is 23.7 Å². The lowest BCUT2D eigenvalue weighted by atomic mass is 9.79. The number of hydrogen-bond acceptors (Lipinski definition) is 4. The van der Waals surface area contributed by atoms with E-state index in [9.17, 15) is 9.59 Å². The fourth-order valence-electron chi connectivity index (χ4n) is 8.27. The Hall–Kier alpha value is -3.42. The van der Waals surface area contributed by atoms with Gasteiger partial charge in [0, 0.05) is 76.1 Å². The minimum Gasteiger partial charge on any atom is -0.378 e. The molecule has 3 saturated carbocycles. The van der Waals surface area contributed by atoms with E-state index in [4.69, 9.17) is 0 Å². The molecule has 0 spiro atoms. The lowest BCUT2D eigenvalue weighted by Crippen LogP contribution is -2.49. The molecule has 48 heavy (non-hydrogen) atoms.